The number of nitrogens with zero attached hydrogens (tertiary/aromatic N) is 2. The van der Waals surface area contributed by atoms with E-state index in [1.807, 2.05) is 51.7 Å². The van der Waals surface area contributed by atoms with Crippen molar-refractivity contribution in [2.75, 3.05) is 13.1 Å². The van der Waals surface area contributed by atoms with E-state index in [9.17, 15) is 13.2 Å². The standard InChI is InChI=1S/C20H30N2O3S/c1-14(2)21-10-6-8-20(19(21)23)9-7-11-22(20)26(24,25)18-16(4)12-15(3)13-17(18)5/h12-14H,6-11H2,1-5H3. The van der Waals surface area contributed by atoms with E-state index in [4.69, 9.17) is 0 Å². The molecule has 3 rings (SSSR count). The zero-order valence-corrected chi connectivity index (χ0v) is 17.3. The quantitative estimate of drug-likeness (QED) is 0.812. The lowest BCUT2D eigenvalue weighted by Gasteiger charge is -2.45. The second-order valence-corrected chi connectivity index (χ2v) is 9.94. The van der Waals surface area contributed by atoms with Gasteiger partial charge < -0.3 is 4.90 Å². The first kappa shape index (κ1) is 19.4. The number of carbonyl (C=O) groups is 1. The molecule has 144 valence electrons. The Morgan fingerprint density at radius 3 is 2.08 bits per heavy atom. The predicted molar refractivity (Wildman–Crippen MR) is 103 cm³/mol. The molecule has 1 atom stereocenters. The zero-order valence-electron chi connectivity index (χ0n) is 16.5. The Labute approximate surface area is 157 Å². The van der Waals surface area contributed by atoms with Crippen LogP contribution in [0.1, 0.15) is 56.2 Å². The third-order valence-corrected chi connectivity index (χ3v) is 8.13. The Hall–Kier alpha value is -1.40. The fourth-order valence-electron chi connectivity index (χ4n) is 4.86. The van der Waals surface area contributed by atoms with Crippen LogP contribution < -0.4 is 0 Å². The first-order valence-corrected chi connectivity index (χ1v) is 11.0. The summed E-state index contributed by atoms with van der Waals surface area (Å²) in [6, 6.07) is 3.91. The highest BCUT2D eigenvalue weighted by atomic mass is 32.2. The van der Waals surface area contributed by atoms with Crippen molar-refractivity contribution in [1.29, 1.82) is 0 Å². The molecule has 0 radical (unpaired) electrons. The highest BCUT2D eigenvalue weighted by Crippen LogP contribution is 2.43. The lowest BCUT2D eigenvalue weighted by molar-refractivity contribution is -0.146. The van der Waals surface area contributed by atoms with Gasteiger partial charge in [-0.05, 0) is 71.4 Å². The Morgan fingerprint density at radius 1 is 1.00 bits per heavy atom. The number of likely N-dealkylation sites (tertiary alicyclic amines) is 1. The van der Waals surface area contributed by atoms with Crippen LogP contribution in [-0.2, 0) is 14.8 Å². The SMILES string of the molecule is Cc1cc(C)c(S(=O)(=O)N2CCCC23CCCN(C(C)C)C3=O)c(C)c1. The van der Waals surface area contributed by atoms with Gasteiger partial charge >= 0.3 is 0 Å². The predicted octanol–water partition coefficient (Wildman–Crippen LogP) is 3.17. The molecule has 0 N–H and O–H groups in total. The molecule has 0 saturated carbocycles. The lowest BCUT2D eigenvalue weighted by atomic mass is 9.86. The molecule has 0 aliphatic carbocycles. The molecule has 1 amide bonds. The van der Waals surface area contributed by atoms with Crippen LogP contribution in [-0.4, -0.2) is 48.2 Å². The second-order valence-electron chi connectivity index (χ2n) is 8.14. The highest BCUT2D eigenvalue weighted by molar-refractivity contribution is 7.89. The van der Waals surface area contributed by atoms with Gasteiger partial charge in [-0.3, -0.25) is 4.79 Å². The van der Waals surface area contributed by atoms with Crippen molar-refractivity contribution in [3.05, 3.63) is 28.8 Å². The molecule has 1 unspecified atom stereocenters. The summed E-state index contributed by atoms with van der Waals surface area (Å²) < 4.78 is 28.8. The van der Waals surface area contributed by atoms with Crippen LogP contribution in [0.4, 0.5) is 0 Å². The van der Waals surface area contributed by atoms with Gasteiger partial charge in [0.2, 0.25) is 15.9 Å². The van der Waals surface area contributed by atoms with Crippen LogP contribution in [0.2, 0.25) is 0 Å². The molecular weight excluding hydrogens is 348 g/mol. The minimum atomic E-state index is -3.72. The van der Waals surface area contributed by atoms with Crippen molar-refractivity contribution >= 4 is 15.9 Å². The van der Waals surface area contributed by atoms with Crippen LogP contribution in [0.3, 0.4) is 0 Å². The molecule has 1 aromatic carbocycles. The number of aryl methyl sites for hydroxylation is 3. The van der Waals surface area contributed by atoms with Crippen LogP contribution in [0.15, 0.2) is 17.0 Å². The third kappa shape index (κ3) is 2.87. The lowest BCUT2D eigenvalue weighted by Crippen LogP contribution is -2.62. The van der Waals surface area contributed by atoms with Crippen molar-refractivity contribution in [2.24, 2.45) is 0 Å². The number of rotatable bonds is 3. The van der Waals surface area contributed by atoms with E-state index in [1.165, 1.54) is 4.31 Å². The van der Waals surface area contributed by atoms with Gasteiger partial charge in [0.1, 0.15) is 5.54 Å². The topological polar surface area (TPSA) is 57.7 Å². The number of hydrogen-bond acceptors (Lipinski definition) is 3. The van der Waals surface area contributed by atoms with E-state index in [1.54, 1.807) is 0 Å². The van der Waals surface area contributed by atoms with Crippen LogP contribution in [0.5, 0.6) is 0 Å². The number of benzene rings is 1. The van der Waals surface area contributed by atoms with Gasteiger partial charge in [-0.25, -0.2) is 8.42 Å². The Bertz CT molecular complexity index is 808. The molecule has 2 saturated heterocycles. The average Bonchev–Trinajstić information content (AvgIpc) is 2.94. The van der Waals surface area contributed by atoms with Crippen molar-refractivity contribution < 1.29 is 13.2 Å². The van der Waals surface area contributed by atoms with Gasteiger partial charge in [-0.2, -0.15) is 4.31 Å². The molecular formula is C20H30N2O3S. The molecule has 2 fully saturated rings. The summed E-state index contributed by atoms with van der Waals surface area (Å²) in [6.07, 6.45) is 2.83. The summed E-state index contributed by atoms with van der Waals surface area (Å²) in [5.41, 5.74) is 1.67. The summed E-state index contributed by atoms with van der Waals surface area (Å²) in [7, 11) is -3.72. The maximum atomic E-state index is 13.6. The third-order valence-electron chi connectivity index (χ3n) is 5.85. The fourth-order valence-corrected chi connectivity index (χ4v) is 7.10. The normalized spacial score (nSPS) is 24.8. The van der Waals surface area contributed by atoms with Gasteiger partial charge in [0.25, 0.3) is 0 Å². The van der Waals surface area contributed by atoms with E-state index in [2.05, 4.69) is 0 Å². The largest absolute Gasteiger partial charge is 0.339 e. The monoisotopic (exact) mass is 378 g/mol. The second kappa shape index (κ2) is 6.64. The van der Waals surface area contributed by atoms with Gasteiger partial charge in [-0.1, -0.05) is 17.7 Å². The van der Waals surface area contributed by atoms with E-state index in [0.29, 0.717) is 30.8 Å². The number of piperidine rings is 1. The van der Waals surface area contributed by atoms with Gasteiger partial charge in [-0.15, -0.1) is 0 Å². The van der Waals surface area contributed by atoms with Crippen molar-refractivity contribution in [2.45, 2.75) is 76.8 Å². The number of amides is 1. The minimum Gasteiger partial charge on any atom is -0.339 e. The summed E-state index contributed by atoms with van der Waals surface area (Å²) in [5.74, 6) is -0.0118. The fraction of sp³-hybridized carbons (Fsp3) is 0.650. The maximum Gasteiger partial charge on any atom is 0.244 e. The summed E-state index contributed by atoms with van der Waals surface area (Å²) in [5, 5.41) is 0. The molecule has 2 aliphatic heterocycles. The number of hydrogen-bond donors (Lipinski definition) is 0. The Morgan fingerprint density at radius 2 is 1.54 bits per heavy atom. The highest BCUT2D eigenvalue weighted by Gasteiger charge is 2.56. The van der Waals surface area contributed by atoms with E-state index < -0.39 is 15.6 Å². The van der Waals surface area contributed by atoms with Crippen LogP contribution >= 0.6 is 0 Å². The van der Waals surface area contributed by atoms with Crippen molar-refractivity contribution in [3.8, 4) is 0 Å². The maximum absolute atomic E-state index is 13.6. The van der Waals surface area contributed by atoms with Gasteiger partial charge in [0.15, 0.2) is 0 Å². The zero-order chi connectivity index (χ0) is 19.3. The average molecular weight is 379 g/mol. The first-order valence-electron chi connectivity index (χ1n) is 9.53. The smallest absolute Gasteiger partial charge is 0.244 e. The molecule has 2 aliphatic rings. The van der Waals surface area contributed by atoms with Crippen molar-refractivity contribution in [1.82, 2.24) is 9.21 Å². The van der Waals surface area contributed by atoms with E-state index >= 15 is 0 Å². The van der Waals surface area contributed by atoms with E-state index in [0.717, 1.165) is 29.5 Å². The number of sulfonamides is 1. The van der Waals surface area contributed by atoms with Crippen LogP contribution in [0.25, 0.3) is 0 Å². The minimum absolute atomic E-state index is 0.0118. The molecule has 1 spiro atoms. The number of carbonyl (C=O) groups excluding carboxylic acids is 1. The Kier molecular flexibility index (Phi) is 4.95. The molecule has 6 heteroatoms. The van der Waals surface area contributed by atoms with E-state index in [-0.39, 0.29) is 11.9 Å². The van der Waals surface area contributed by atoms with Gasteiger partial charge in [0.05, 0.1) is 4.90 Å². The first-order chi connectivity index (χ1) is 12.1. The summed E-state index contributed by atoms with van der Waals surface area (Å²) in [4.78, 5) is 15.6. The Balaban J connectivity index is 2.09. The molecule has 5 nitrogen and oxygen atoms in total. The summed E-state index contributed by atoms with van der Waals surface area (Å²) >= 11 is 0. The molecule has 1 aromatic rings. The van der Waals surface area contributed by atoms with Crippen LogP contribution in [0, 0.1) is 20.8 Å². The van der Waals surface area contributed by atoms with Gasteiger partial charge in [0, 0.05) is 19.1 Å². The van der Waals surface area contributed by atoms with Crippen molar-refractivity contribution in [3.63, 3.8) is 0 Å². The molecule has 26 heavy (non-hydrogen) atoms. The summed E-state index contributed by atoms with van der Waals surface area (Å²) in [6.45, 7) is 10.8. The molecule has 2 heterocycles. The molecule has 0 aromatic heterocycles. The molecule has 0 bridgehead atoms.